The van der Waals surface area contributed by atoms with Crippen LogP contribution in [0.15, 0.2) is 60.7 Å². The van der Waals surface area contributed by atoms with Gasteiger partial charge >= 0.3 is 0 Å². The van der Waals surface area contributed by atoms with Gasteiger partial charge in [0, 0.05) is 22.5 Å². The van der Waals surface area contributed by atoms with Crippen LogP contribution in [0.5, 0.6) is 5.75 Å². The third-order valence-electron chi connectivity index (χ3n) is 9.96. The van der Waals surface area contributed by atoms with Gasteiger partial charge in [-0.25, -0.2) is 0 Å². The molecule has 1 unspecified atom stereocenters. The van der Waals surface area contributed by atoms with Crippen LogP contribution in [-0.4, -0.2) is 18.4 Å². The van der Waals surface area contributed by atoms with Gasteiger partial charge in [-0.3, -0.25) is 4.98 Å². The molecule has 0 spiro atoms. The van der Waals surface area contributed by atoms with Crippen LogP contribution in [0.4, 0.5) is 0 Å². The highest BCUT2D eigenvalue weighted by molar-refractivity contribution is 6.74. The zero-order valence-electron chi connectivity index (χ0n) is 28.5. The summed E-state index contributed by atoms with van der Waals surface area (Å²) in [5.74, 6) is 0.963. The number of ether oxygens (including phenoxy) is 1. The van der Waals surface area contributed by atoms with E-state index in [9.17, 15) is 5.11 Å². The molecule has 2 aliphatic carbocycles. The number of pyridine rings is 1. The molecule has 5 heteroatoms. The van der Waals surface area contributed by atoms with Crippen LogP contribution in [0, 0.1) is 5.41 Å². The number of nitrogens with zero attached hydrogens (tertiary/aromatic N) is 1. The number of allylic oxidation sites excluding steroid dienone is 2. The number of aliphatic hydroxyl groups is 1. The lowest BCUT2D eigenvalue weighted by Gasteiger charge is -2.45. The van der Waals surface area contributed by atoms with Gasteiger partial charge in [-0.05, 0) is 96.0 Å². The third-order valence-corrected chi connectivity index (χ3v) is 14.4. The summed E-state index contributed by atoms with van der Waals surface area (Å²) >= 11 is 0. The quantitative estimate of drug-likeness (QED) is 0.245. The first-order chi connectivity index (χ1) is 20.7. The molecular formula is C39H53NO3Si. The van der Waals surface area contributed by atoms with Crippen molar-refractivity contribution in [2.45, 2.75) is 123 Å². The van der Waals surface area contributed by atoms with Crippen LogP contribution >= 0.6 is 0 Å². The summed E-state index contributed by atoms with van der Waals surface area (Å²) in [6.45, 7) is 21.3. The summed E-state index contributed by atoms with van der Waals surface area (Å²) in [5, 5.41) is 12.4. The Morgan fingerprint density at radius 3 is 2.30 bits per heavy atom. The average Bonchev–Trinajstić information content (AvgIpc) is 3.49. The summed E-state index contributed by atoms with van der Waals surface area (Å²) in [6.07, 6.45) is 6.68. The number of benzene rings is 2. The minimum absolute atomic E-state index is 0.0421. The van der Waals surface area contributed by atoms with E-state index in [-0.39, 0.29) is 22.5 Å². The van der Waals surface area contributed by atoms with E-state index in [1.165, 1.54) is 16.7 Å². The molecule has 4 nitrogen and oxygen atoms in total. The number of aromatic nitrogens is 1. The Kier molecular flexibility index (Phi) is 9.33. The molecule has 0 amide bonds. The monoisotopic (exact) mass is 611 g/mol. The van der Waals surface area contributed by atoms with Crippen LogP contribution in [-0.2, 0) is 17.5 Å². The van der Waals surface area contributed by atoms with Crippen molar-refractivity contribution in [3.05, 3.63) is 99.9 Å². The molecule has 1 N–H and O–H groups in total. The molecule has 236 valence electrons. The summed E-state index contributed by atoms with van der Waals surface area (Å²) in [7, 11) is -2.09. The van der Waals surface area contributed by atoms with E-state index in [0.717, 1.165) is 65.9 Å². The summed E-state index contributed by atoms with van der Waals surface area (Å²) in [6, 6.07) is 18.2. The SMILES string of the molecule is CC(C)c1nc2c(c(C3=CCCC3)c1[C@H](O)c1ccc(OCc3ccccc3)cc1)C(O[Si](C)(C)C(C)(C)C)CC(C)(C)C2. The highest BCUT2D eigenvalue weighted by Gasteiger charge is 2.45. The van der Waals surface area contributed by atoms with Crippen molar-refractivity contribution < 1.29 is 14.3 Å². The zero-order chi connectivity index (χ0) is 31.9. The average molecular weight is 612 g/mol. The predicted molar refractivity (Wildman–Crippen MR) is 185 cm³/mol. The third kappa shape index (κ3) is 6.90. The van der Waals surface area contributed by atoms with Crippen LogP contribution in [0.1, 0.15) is 131 Å². The first-order valence-electron chi connectivity index (χ1n) is 16.6. The molecule has 5 rings (SSSR count). The molecule has 3 aromatic rings. The maximum Gasteiger partial charge on any atom is 0.192 e. The lowest BCUT2D eigenvalue weighted by molar-refractivity contribution is 0.105. The number of fused-ring (bicyclic) bond motifs is 1. The Morgan fingerprint density at radius 1 is 1.02 bits per heavy atom. The van der Waals surface area contributed by atoms with Crippen LogP contribution in [0.3, 0.4) is 0 Å². The number of hydrogen-bond acceptors (Lipinski definition) is 4. The fourth-order valence-corrected chi connectivity index (χ4v) is 7.81. The van der Waals surface area contributed by atoms with E-state index in [0.29, 0.717) is 6.61 Å². The van der Waals surface area contributed by atoms with Crippen molar-refractivity contribution in [2.24, 2.45) is 5.41 Å². The van der Waals surface area contributed by atoms with Gasteiger partial charge in [-0.2, -0.15) is 0 Å². The van der Waals surface area contributed by atoms with E-state index >= 15 is 0 Å². The minimum Gasteiger partial charge on any atom is -0.489 e. The molecule has 0 saturated heterocycles. The van der Waals surface area contributed by atoms with Crippen molar-refractivity contribution in [1.29, 1.82) is 0 Å². The predicted octanol–water partition coefficient (Wildman–Crippen LogP) is 10.5. The van der Waals surface area contributed by atoms with Gasteiger partial charge < -0.3 is 14.3 Å². The number of rotatable bonds is 9. The van der Waals surface area contributed by atoms with Crippen molar-refractivity contribution in [1.82, 2.24) is 4.98 Å². The van der Waals surface area contributed by atoms with Gasteiger partial charge in [0.25, 0.3) is 0 Å². The van der Waals surface area contributed by atoms with Gasteiger partial charge in [0.1, 0.15) is 18.5 Å². The smallest absolute Gasteiger partial charge is 0.192 e. The fraction of sp³-hybridized carbons (Fsp3) is 0.513. The Bertz CT molecular complexity index is 1480. The highest BCUT2D eigenvalue weighted by atomic mass is 28.4. The Morgan fingerprint density at radius 2 is 1.70 bits per heavy atom. The van der Waals surface area contributed by atoms with Gasteiger partial charge in [0.2, 0.25) is 0 Å². The second kappa shape index (κ2) is 12.6. The molecule has 1 aromatic heterocycles. The van der Waals surface area contributed by atoms with Crippen LogP contribution in [0.25, 0.3) is 5.57 Å². The van der Waals surface area contributed by atoms with E-state index in [1.54, 1.807) is 0 Å². The molecule has 44 heavy (non-hydrogen) atoms. The van der Waals surface area contributed by atoms with Crippen molar-refractivity contribution in [3.63, 3.8) is 0 Å². The van der Waals surface area contributed by atoms with Gasteiger partial charge in [0.15, 0.2) is 8.32 Å². The van der Waals surface area contributed by atoms with Crippen molar-refractivity contribution in [3.8, 4) is 5.75 Å². The maximum atomic E-state index is 12.3. The summed E-state index contributed by atoms with van der Waals surface area (Å²) in [4.78, 5) is 5.43. The van der Waals surface area contributed by atoms with E-state index in [4.69, 9.17) is 14.1 Å². The lowest BCUT2D eigenvalue weighted by atomic mass is 9.71. The molecule has 2 atom stereocenters. The second-order valence-corrected chi connectivity index (χ2v) is 20.3. The minimum atomic E-state index is -2.09. The van der Waals surface area contributed by atoms with E-state index in [2.05, 4.69) is 79.8 Å². The molecule has 0 bridgehead atoms. The second-order valence-electron chi connectivity index (χ2n) is 15.6. The van der Waals surface area contributed by atoms with Gasteiger partial charge in [-0.1, -0.05) is 97.0 Å². The van der Waals surface area contributed by atoms with E-state index < -0.39 is 14.4 Å². The Balaban J connectivity index is 1.61. The van der Waals surface area contributed by atoms with E-state index in [1.807, 2.05) is 42.5 Å². The highest BCUT2D eigenvalue weighted by Crippen LogP contribution is 2.52. The Hall–Kier alpha value is -2.73. The fourth-order valence-electron chi connectivity index (χ4n) is 6.54. The van der Waals surface area contributed by atoms with Crippen LogP contribution in [0.2, 0.25) is 18.1 Å². The molecule has 2 aliphatic rings. The van der Waals surface area contributed by atoms with Crippen molar-refractivity contribution in [2.75, 3.05) is 0 Å². The van der Waals surface area contributed by atoms with Crippen LogP contribution < -0.4 is 4.74 Å². The number of aliphatic hydroxyl groups excluding tert-OH is 1. The van der Waals surface area contributed by atoms with Gasteiger partial charge in [0.05, 0.1) is 6.10 Å². The molecular weight excluding hydrogens is 559 g/mol. The number of hydrogen-bond donors (Lipinski definition) is 1. The summed E-state index contributed by atoms with van der Waals surface area (Å²) < 4.78 is 13.4. The zero-order valence-corrected chi connectivity index (χ0v) is 29.5. The summed E-state index contributed by atoms with van der Waals surface area (Å²) in [5.41, 5.74) is 9.02. The molecule has 0 radical (unpaired) electrons. The standard InChI is InChI=1S/C39H53NO3Si/c1-26(2)36-35(37(41)29-19-21-30(22-20-29)42-25-27-15-11-10-12-16-27)33(28-17-13-14-18-28)34-31(40-36)23-39(6,7)24-32(34)43-44(8,9)38(3,4)5/h10-12,15-17,19-22,26,32,37,41H,13-14,18,23-25H2,1-9H3/t32?,37-/m1/s1. The molecule has 0 saturated carbocycles. The first-order valence-corrected chi connectivity index (χ1v) is 19.5. The topological polar surface area (TPSA) is 51.6 Å². The molecule has 1 heterocycles. The maximum absolute atomic E-state index is 12.3. The first kappa shape index (κ1) is 32.7. The molecule has 0 fully saturated rings. The van der Waals surface area contributed by atoms with Gasteiger partial charge in [-0.15, -0.1) is 0 Å². The normalized spacial score (nSPS) is 19.1. The Labute approximate surface area is 267 Å². The lowest BCUT2D eigenvalue weighted by Crippen LogP contribution is -2.44. The molecule has 2 aromatic carbocycles. The van der Waals surface area contributed by atoms with Crippen molar-refractivity contribution >= 4 is 13.9 Å². The molecule has 0 aliphatic heterocycles. The largest absolute Gasteiger partial charge is 0.489 e.